The van der Waals surface area contributed by atoms with E-state index in [9.17, 15) is 19.2 Å². The zero-order valence-electron chi connectivity index (χ0n) is 14.6. The van der Waals surface area contributed by atoms with Gasteiger partial charge in [-0.15, -0.1) is 0 Å². The summed E-state index contributed by atoms with van der Waals surface area (Å²) in [7, 11) is 0. The summed E-state index contributed by atoms with van der Waals surface area (Å²) in [5.74, 6) is -2.78. The molecule has 25 heavy (non-hydrogen) atoms. The number of hydrazine groups is 1. The number of urea groups is 1. The standard InChI is InChI=1S/C17H26N4O4/c1-3-4-10-13(22)20-19-11(2)14-15(23)18-17(25)21(16(14)24)12-8-6-5-7-9-12/h12,14,19H,2-10H2,1H3,(H,20,22)(H,18,23,25)/t14-/m1/s1. The molecule has 138 valence electrons. The Morgan fingerprint density at radius 3 is 2.52 bits per heavy atom. The Kier molecular flexibility index (Phi) is 6.55. The van der Waals surface area contributed by atoms with Crippen molar-refractivity contribution in [2.24, 2.45) is 5.92 Å². The third kappa shape index (κ3) is 4.58. The van der Waals surface area contributed by atoms with Gasteiger partial charge < -0.3 is 5.43 Å². The summed E-state index contributed by atoms with van der Waals surface area (Å²) in [5.41, 5.74) is 5.04. The minimum Gasteiger partial charge on any atom is -0.302 e. The van der Waals surface area contributed by atoms with E-state index in [1.54, 1.807) is 0 Å². The molecule has 0 aromatic carbocycles. The number of carbonyl (C=O) groups excluding carboxylic acids is 4. The summed E-state index contributed by atoms with van der Waals surface area (Å²) >= 11 is 0. The lowest BCUT2D eigenvalue weighted by molar-refractivity contribution is -0.143. The number of hydrogen-bond donors (Lipinski definition) is 3. The second-order valence-corrected chi connectivity index (χ2v) is 6.53. The van der Waals surface area contributed by atoms with Gasteiger partial charge in [-0.3, -0.25) is 30.0 Å². The third-order valence-electron chi connectivity index (χ3n) is 4.60. The lowest BCUT2D eigenvalue weighted by atomic mass is 9.92. The predicted octanol–water partition coefficient (Wildman–Crippen LogP) is 1.34. The van der Waals surface area contributed by atoms with E-state index in [-0.39, 0.29) is 17.6 Å². The van der Waals surface area contributed by atoms with Crippen molar-refractivity contribution in [1.29, 1.82) is 0 Å². The molecule has 0 unspecified atom stereocenters. The second-order valence-electron chi connectivity index (χ2n) is 6.53. The van der Waals surface area contributed by atoms with E-state index in [1.165, 1.54) is 0 Å². The average molecular weight is 350 g/mol. The molecule has 1 saturated heterocycles. The van der Waals surface area contributed by atoms with Crippen molar-refractivity contribution in [3.8, 4) is 0 Å². The molecule has 2 rings (SSSR count). The second kappa shape index (κ2) is 8.64. The molecular weight excluding hydrogens is 324 g/mol. The summed E-state index contributed by atoms with van der Waals surface area (Å²) in [6.45, 7) is 5.66. The molecule has 2 fully saturated rings. The number of nitrogens with one attached hydrogen (secondary N) is 3. The van der Waals surface area contributed by atoms with E-state index >= 15 is 0 Å². The Morgan fingerprint density at radius 2 is 1.88 bits per heavy atom. The maximum Gasteiger partial charge on any atom is 0.331 e. The van der Waals surface area contributed by atoms with Crippen LogP contribution < -0.4 is 16.2 Å². The van der Waals surface area contributed by atoms with Gasteiger partial charge in [0.2, 0.25) is 17.7 Å². The van der Waals surface area contributed by atoms with Crippen LogP contribution in [0.3, 0.4) is 0 Å². The number of hydrogen-bond acceptors (Lipinski definition) is 5. The number of nitrogens with zero attached hydrogens (tertiary/aromatic N) is 1. The molecule has 0 bridgehead atoms. The number of carbonyl (C=O) groups is 4. The average Bonchev–Trinajstić information content (AvgIpc) is 2.58. The lowest BCUT2D eigenvalue weighted by Crippen LogP contribution is -2.62. The summed E-state index contributed by atoms with van der Waals surface area (Å²) in [5, 5.41) is 2.22. The van der Waals surface area contributed by atoms with Crippen molar-refractivity contribution in [2.45, 2.75) is 64.3 Å². The van der Waals surface area contributed by atoms with Gasteiger partial charge in [0.1, 0.15) is 0 Å². The first-order chi connectivity index (χ1) is 12.0. The van der Waals surface area contributed by atoms with Crippen LogP contribution in [0, 0.1) is 5.92 Å². The van der Waals surface area contributed by atoms with Gasteiger partial charge in [-0.1, -0.05) is 39.2 Å². The first-order valence-electron chi connectivity index (χ1n) is 8.87. The fourth-order valence-electron chi connectivity index (χ4n) is 3.20. The Morgan fingerprint density at radius 1 is 1.20 bits per heavy atom. The molecule has 0 aromatic heterocycles. The number of rotatable bonds is 7. The van der Waals surface area contributed by atoms with Gasteiger partial charge in [0.25, 0.3) is 0 Å². The van der Waals surface area contributed by atoms with Crippen LogP contribution in [-0.4, -0.2) is 34.7 Å². The van der Waals surface area contributed by atoms with E-state index in [4.69, 9.17) is 0 Å². The van der Waals surface area contributed by atoms with Crippen molar-refractivity contribution >= 4 is 23.8 Å². The summed E-state index contributed by atoms with van der Waals surface area (Å²) < 4.78 is 0. The van der Waals surface area contributed by atoms with Crippen LogP contribution in [0.2, 0.25) is 0 Å². The number of amides is 5. The van der Waals surface area contributed by atoms with Crippen LogP contribution in [0.4, 0.5) is 4.79 Å². The van der Waals surface area contributed by atoms with Crippen LogP contribution in [0.1, 0.15) is 58.3 Å². The van der Waals surface area contributed by atoms with Crippen molar-refractivity contribution in [2.75, 3.05) is 0 Å². The Hall–Kier alpha value is -2.38. The molecule has 5 amide bonds. The first kappa shape index (κ1) is 19.0. The fourth-order valence-corrected chi connectivity index (χ4v) is 3.20. The van der Waals surface area contributed by atoms with Crippen LogP contribution >= 0.6 is 0 Å². The van der Waals surface area contributed by atoms with Gasteiger partial charge in [0, 0.05) is 18.2 Å². The highest BCUT2D eigenvalue weighted by molar-refractivity contribution is 6.17. The highest BCUT2D eigenvalue weighted by Gasteiger charge is 2.45. The van der Waals surface area contributed by atoms with Gasteiger partial charge in [-0.05, 0) is 19.3 Å². The highest BCUT2D eigenvalue weighted by Crippen LogP contribution is 2.27. The molecule has 1 aliphatic carbocycles. The molecule has 3 N–H and O–H groups in total. The van der Waals surface area contributed by atoms with E-state index in [0.717, 1.165) is 49.8 Å². The fraction of sp³-hybridized carbons (Fsp3) is 0.647. The molecule has 8 heteroatoms. The largest absolute Gasteiger partial charge is 0.331 e. The highest BCUT2D eigenvalue weighted by atomic mass is 16.2. The van der Waals surface area contributed by atoms with Crippen LogP contribution in [-0.2, 0) is 14.4 Å². The summed E-state index contributed by atoms with van der Waals surface area (Å²) in [6.07, 6.45) is 6.44. The van der Waals surface area contributed by atoms with Gasteiger partial charge in [-0.25, -0.2) is 4.79 Å². The zero-order chi connectivity index (χ0) is 18.4. The lowest BCUT2D eigenvalue weighted by Gasteiger charge is -2.37. The molecule has 1 atom stereocenters. The van der Waals surface area contributed by atoms with Crippen LogP contribution in [0.25, 0.3) is 0 Å². The van der Waals surface area contributed by atoms with E-state index < -0.39 is 23.8 Å². The van der Waals surface area contributed by atoms with Crippen LogP contribution in [0.15, 0.2) is 12.3 Å². The smallest absolute Gasteiger partial charge is 0.302 e. The summed E-state index contributed by atoms with van der Waals surface area (Å²) in [6, 6.07) is -0.860. The van der Waals surface area contributed by atoms with Gasteiger partial charge in [-0.2, -0.15) is 0 Å². The molecule has 8 nitrogen and oxygen atoms in total. The topological polar surface area (TPSA) is 108 Å². The molecule has 1 heterocycles. The number of imide groups is 2. The predicted molar refractivity (Wildman–Crippen MR) is 90.7 cm³/mol. The Balaban J connectivity index is 2.01. The van der Waals surface area contributed by atoms with Gasteiger partial charge in [0.05, 0.1) is 0 Å². The van der Waals surface area contributed by atoms with E-state index in [0.29, 0.717) is 6.42 Å². The molecule has 0 spiro atoms. The molecule has 0 aromatic rings. The maximum atomic E-state index is 12.7. The molecule has 2 aliphatic rings. The van der Waals surface area contributed by atoms with E-state index in [2.05, 4.69) is 22.7 Å². The normalized spacial score (nSPS) is 21.7. The van der Waals surface area contributed by atoms with Crippen LogP contribution in [0.5, 0.6) is 0 Å². The first-order valence-corrected chi connectivity index (χ1v) is 8.87. The molecule has 1 aliphatic heterocycles. The van der Waals surface area contributed by atoms with E-state index in [1.807, 2.05) is 6.92 Å². The quantitative estimate of drug-likeness (QED) is 0.474. The van der Waals surface area contributed by atoms with Gasteiger partial charge >= 0.3 is 6.03 Å². The Bertz CT molecular complexity index is 569. The minimum atomic E-state index is -1.23. The maximum absolute atomic E-state index is 12.7. The molecular formula is C17H26N4O4. The van der Waals surface area contributed by atoms with Crippen molar-refractivity contribution in [3.05, 3.63) is 12.3 Å². The van der Waals surface area contributed by atoms with Crippen molar-refractivity contribution < 1.29 is 19.2 Å². The van der Waals surface area contributed by atoms with Crippen molar-refractivity contribution in [3.63, 3.8) is 0 Å². The monoisotopic (exact) mass is 350 g/mol. The zero-order valence-corrected chi connectivity index (χ0v) is 14.6. The molecule has 1 saturated carbocycles. The number of barbiturate groups is 1. The van der Waals surface area contributed by atoms with Gasteiger partial charge in [0.15, 0.2) is 5.92 Å². The summed E-state index contributed by atoms with van der Waals surface area (Å²) in [4.78, 5) is 49.8. The SMILES string of the molecule is C=C(NNC(=O)CCCC)[C@@H]1C(=O)NC(=O)N(C2CCCCC2)C1=O. The molecule has 0 radical (unpaired) electrons. The Labute approximate surface area is 147 Å². The van der Waals surface area contributed by atoms with Crippen molar-refractivity contribution in [1.82, 2.24) is 21.1 Å². The number of unbranched alkanes of at least 4 members (excludes halogenated alkanes) is 1. The third-order valence-corrected chi connectivity index (χ3v) is 4.60. The minimum absolute atomic E-state index is 0.0562.